The lowest BCUT2D eigenvalue weighted by Crippen LogP contribution is -2.22. The SMILES string of the molecule is CCNC(=O)c1cc(-c2cn(-c3cccc(C(=O)O)c3F)nn2)nc(-c2cn(-c3cccc(C(=O)O)c3F)nn2)c1. The van der Waals surface area contributed by atoms with Gasteiger partial charge in [-0.2, -0.15) is 0 Å². The number of aromatic nitrogens is 7. The topological polar surface area (TPSA) is 178 Å². The molecular formula is C26H18F2N8O5. The number of carboxylic acid groups (broad SMARTS) is 2. The van der Waals surface area contributed by atoms with Crippen molar-refractivity contribution in [2.24, 2.45) is 0 Å². The number of carbonyl (C=O) groups excluding carboxylic acids is 1. The standard InChI is InChI=1S/C26H18F2N8O5/c1-2-29-24(37)13-9-16(18-11-35(33-31-18)20-7-3-5-14(22(20)27)25(38)39)30-17(10-13)19-12-36(34-32-19)21-8-4-6-15(23(21)28)26(40)41/h3-12H,2H2,1H3,(H,29,37)(H,38,39)(H,40,41). The summed E-state index contributed by atoms with van der Waals surface area (Å²) >= 11 is 0. The second kappa shape index (κ2) is 10.7. The fraction of sp³-hybridized carbons (Fsp3) is 0.0769. The minimum atomic E-state index is -1.45. The summed E-state index contributed by atoms with van der Waals surface area (Å²) in [5.41, 5.74) is -0.769. The van der Waals surface area contributed by atoms with E-state index in [-0.39, 0.29) is 39.7 Å². The van der Waals surface area contributed by atoms with E-state index < -0.39 is 40.6 Å². The van der Waals surface area contributed by atoms with Crippen LogP contribution in [0.15, 0.2) is 60.9 Å². The molecule has 3 heterocycles. The van der Waals surface area contributed by atoms with Gasteiger partial charge in [-0.1, -0.05) is 22.6 Å². The van der Waals surface area contributed by atoms with Crippen molar-refractivity contribution in [1.82, 2.24) is 40.3 Å². The first-order chi connectivity index (χ1) is 19.7. The van der Waals surface area contributed by atoms with Gasteiger partial charge in [0.1, 0.15) is 22.8 Å². The van der Waals surface area contributed by atoms with Crippen molar-refractivity contribution >= 4 is 17.8 Å². The number of nitrogens with one attached hydrogen (secondary N) is 1. The average Bonchev–Trinajstić information content (AvgIpc) is 3.64. The van der Waals surface area contributed by atoms with Crippen LogP contribution in [0.5, 0.6) is 0 Å². The number of rotatable bonds is 8. The quantitative estimate of drug-likeness (QED) is 0.255. The zero-order valence-corrected chi connectivity index (χ0v) is 21.0. The Kier molecular flexibility index (Phi) is 6.99. The van der Waals surface area contributed by atoms with Gasteiger partial charge in [-0.25, -0.2) is 32.7 Å². The molecule has 0 fully saturated rings. The summed E-state index contributed by atoms with van der Waals surface area (Å²) in [5.74, 6) is -5.38. The lowest BCUT2D eigenvalue weighted by Gasteiger charge is -2.07. The summed E-state index contributed by atoms with van der Waals surface area (Å²) in [6, 6.07) is 10.4. The van der Waals surface area contributed by atoms with Crippen LogP contribution in [0.4, 0.5) is 8.78 Å². The van der Waals surface area contributed by atoms with Crippen molar-refractivity contribution in [3.8, 4) is 34.2 Å². The predicted octanol–water partition coefficient (Wildman–Crippen LogP) is 3.00. The maximum atomic E-state index is 14.8. The van der Waals surface area contributed by atoms with Crippen LogP contribution in [-0.4, -0.2) is 69.6 Å². The van der Waals surface area contributed by atoms with E-state index >= 15 is 0 Å². The number of carbonyl (C=O) groups is 3. The molecule has 0 radical (unpaired) electrons. The summed E-state index contributed by atoms with van der Waals surface area (Å²) in [6.45, 7) is 2.06. The highest BCUT2D eigenvalue weighted by Crippen LogP contribution is 2.25. The molecule has 0 aliphatic heterocycles. The molecule has 0 unspecified atom stereocenters. The van der Waals surface area contributed by atoms with Gasteiger partial charge in [0.2, 0.25) is 0 Å². The minimum Gasteiger partial charge on any atom is -0.478 e. The summed E-state index contributed by atoms with van der Waals surface area (Å²) < 4.78 is 31.6. The van der Waals surface area contributed by atoms with Gasteiger partial charge in [0.25, 0.3) is 5.91 Å². The zero-order valence-electron chi connectivity index (χ0n) is 21.0. The van der Waals surface area contributed by atoms with E-state index in [1.165, 1.54) is 48.8 Å². The average molecular weight is 560 g/mol. The van der Waals surface area contributed by atoms with Crippen LogP contribution in [0.25, 0.3) is 34.2 Å². The van der Waals surface area contributed by atoms with E-state index in [9.17, 15) is 33.4 Å². The Balaban J connectivity index is 1.58. The van der Waals surface area contributed by atoms with Gasteiger partial charge < -0.3 is 15.5 Å². The van der Waals surface area contributed by atoms with Crippen molar-refractivity contribution in [2.75, 3.05) is 6.54 Å². The lowest BCUT2D eigenvalue weighted by molar-refractivity contribution is 0.0680. The lowest BCUT2D eigenvalue weighted by atomic mass is 10.1. The van der Waals surface area contributed by atoms with Crippen molar-refractivity contribution < 1.29 is 33.4 Å². The molecule has 0 bridgehead atoms. The summed E-state index contributed by atoms with van der Waals surface area (Å²) in [7, 11) is 0. The molecule has 0 saturated carbocycles. The van der Waals surface area contributed by atoms with E-state index in [1.54, 1.807) is 6.92 Å². The molecule has 0 aliphatic carbocycles. The third-order valence-corrected chi connectivity index (χ3v) is 5.85. The Labute approximate surface area is 228 Å². The molecule has 0 aliphatic rings. The van der Waals surface area contributed by atoms with E-state index in [0.29, 0.717) is 6.54 Å². The van der Waals surface area contributed by atoms with Crippen LogP contribution in [0, 0.1) is 11.6 Å². The fourth-order valence-electron chi connectivity index (χ4n) is 3.91. The van der Waals surface area contributed by atoms with E-state index in [4.69, 9.17) is 0 Å². The molecule has 3 N–H and O–H groups in total. The van der Waals surface area contributed by atoms with Crippen molar-refractivity contribution in [3.63, 3.8) is 0 Å². The van der Waals surface area contributed by atoms with Crippen LogP contribution in [0.1, 0.15) is 38.0 Å². The Bertz CT molecular complexity index is 1710. The maximum Gasteiger partial charge on any atom is 0.338 e. The Hall–Kier alpha value is -5.86. The summed E-state index contributed by atoms with van der Waals surface area (Å²) in [4.78, 5) is 39.9. The number of halogens is 2. The number of carboxylic acids is 2. The van der Waals surface area contributed by atoms with Gasteiger partial charge in [0.05, 0.1) is 34.9 Å². The molecule has 0 spiro atoms. The fourth-order valence-corrected chi connectivity index (χ4v) is 3.91. The number of amides is 1. The summed E-state index contributed by atoms with van der Waals surface area (Å²) in [5, 5.41) is 36.9. The van der Waals surface area contributed by atoms with Crippen LogP contribution in [0.3, 0.4) is 0 Å². The smallest absolute Gasteiger partial charge is 0.338 e. The molecule has 0 atom stereocenters. The largest absolute Gasteiger partial charge is 0.478 e. The molecule has 13 nitrogen and oxygen atoms in total. The highest BCUT2D eigenvalue weighted by molar-refractivity contribution is 5.96. The van der Waals surface area contributed by atoms with Crippen LogP contribution >= 0.6 is 0 Å². The molecule has 5 aromatic rings. The molecule has 206 valence electrons. The van der Waals surface area contributed by atoms with Crippen LogP contribution in [0.2, 0.25) is 0 Å². The third-order valence-electron chi connectivity index (χ3n) is 5.85. The molecule has 15 heteroatoms. The molecule has 41 heavy (non-hydrogen) atoms. The van der Waals surface area contributed by atoms with E-state index in [1.807, 2.05) is 0 Å². The number of hydrogen-bond donors (Lipinski definition) is 3. The first-order valence-electron chi connectivity index (χ1n) is 11.9. The van der Waals surface area contributed by atoms with Gasteiger partial charge in [-0.3, -0.25) is 4.79 Å². The Morgan fingerprint density at radius 3 is 1.66 bits per heavy atom. The minimum absolute atomic E-state index is 0.116. The molecule has 5 rings (SSSR count). The van der Waals surface area contributed by atoms with Gasteiger partial charge in [-0.15, -0.1) is 10.2 Å². The van der Waals surface area contributed by atoms with E-state index in [2.05, 4.69) is 30.9 Å². The Morgan fingerprint density at radius 2 is 1.24 bits per heavy atom. The number of hydrogen-bond acceptors (Lipinski definition) is 8. The maximum absolute atomic E-state index is 14.8. The van der Waals surface area contributed by atoms with Crippen LogP contribution in [-0.2, 0) is 0 Å². The van der Waals surface area contributed by atoms with Gasteiger partial charge in [0.15, 0.2) is 11.6 Å². The van der Waals surface area contributed by atoms with Crippen LogP contribution < -0.4 is 5.32 Å². The van der Waals surface area contributed by atoms with Crippen molar-refractivity contribution in [2.45, 2.75) is 6.92 Å². The van der Waals surface area contributed by atoms with E-state index in [0.717, 1.165) is 21.5 Å². The van der Waals surface area contributed by atoms with Gasteiger partial charge in [-0.05, 0) is 43.3 Å². The second-order valence-corrected chi connectivity index (χ2v) is 8.47. The molecule has 3 aromatic heterocycles. The first kappa shape index (κ1) is 26.7. The molecule has 0 saturated heterocycles. The van der Waals surface area contributed by atoms with Crippen molar-refractivity contribution in [3.05, 3.63) is 89.2 Å². The first-order valence-corrected chi connectivity index (χ1v) is 11.9. The summed E-state index contributed by atoms with van der Waals surface area (Å²) in [6.07, 6.45) is 2.61. The molecule has 2 aromatic carbocycles. The number of aromatic carboxylic acids is 2. The highest BCUT2D eigenvalue weighted by atomic mass is 19.1. The van der Waals surface area contributed by atoms with Crippen molar-refractivity contribution in [1.29, 1.82) is 0 Å². The number of pyridine rings is 1. The second-order valence-electron chi connectivity index (χ2n) is 8.47. The highest BCUT2D eigenvalue weighted by Gasteiger charge is 2.20. The Morgan fingerprint density at radius 1 is 0.780 bits per heavy atom. The molecule has 1 amide bonds. The van der Waals surface area contributed by atoms with Gasteiger partial charge >= 0.3 is 11.9 Å². The molecular weight excluding hydrogens is 542 g/mol. The zero-order chi connectivity index (χ0) is 29.3. The number of benzene rings is 2. The van der Waals surface area contributed by atoms with Gasteiger partial charge in [0, 0.05) is 12.1 Å². The normalized spacial score (nSPS) is 10.9. The third kappa shape index (κ3) is 5.10. The number of nitrogens with zero attached hydrogens (tertiary/aromatic N) is 7. The monoisotopic (exact) mass is 560 g/mol. The predicted molar refractivity (Wildman–Crippen MR) is 137 cm³/mol.